The molecule has 158 valence electrons. The molecule has 2 heterocycles. The lowest BCUT2D eigenvalue weighted by atomic mass is 9.95. The number of carbonyl (C=O) groups excluding carboxylic acids is 1. The molecule has 1 aliphatic heterocycles. The number of aliphatic hydroxyl groups excluding tert-OH is 1. The molecule has 1 fully saturated rings. The molecule has 1 saturated heterocycles. The Labute approximate surface area is 173 Å². The highest BCUT2D eigenvalue weighted by molar-refractivity contribution is 6.31. The maximum absolute atomic E-state index is 13.4. The van der Waals surface area contributed by atoms with Crippen molar-refractivity contribution in [3.05, 3.63) is 51.9 Å². The van der Waals surface area contributed by atoms with Crippen LogP contribution >= 0.6 is 11.6 Å². The monoisotopic (exact) mass is 442 g/mol. The van der Waals surface area contributed by atoms with Gasteiger partial charge in [0.1, 0.15) is 35.4 Å². The van der Waals surface area contributed by atoms with Crippen molar-refractivity contribution >= 4 is 29.0 Å². The van der Waals surface area contributed by atoms with E-state index in [9.17, 15) is 32.7 Å². The molecule has 1 aromatic heterocycles. The van der Waals surface area contributed by atoms with Gasteiger partial charge in [0.15, 0.2) is 0 Å². The van der Waals surface area contributed by atoms with Gasteiger partial charge >= 0.3 is 6.18 Å². The summed E-state index contributed by atoms with van der Waals surface area (Å²) < 4.78 is 53.5. The molecular formula is C19H15ClF4N4O2. The number of aromatic nitrogens is 1. The van der Waals surface area contributed by atoms with Crippen molar-refractivity contribution in [2.24, 2.45) is 0 Å². The molecule has 0 radical (unpaired) electrons. The van der Waals surface area contributed by atoms with Gasteiger partial charge in [-0.1, -0.05) is 11.6 Å². The van der Waals surface area contributed by atoms with Gasteiger partial charge in [0, 0.05) is 25.0 Å². The molecule has 1 aliphatic rings. The lowest BCUT2D eigenvalue weighted by Crippen LogP contribution is -2.67. The van der Waals surface area contributed by atoms with E-state index in [0.717, 1.165) is 21.9 Å². The van der Waals surface area contributed by atoms with E-state index in [2.05, 4.69) is 4.98 Å². The minimum absolute atomic E-state index is 0.00239. The normalized spacial score (nSPS) is 18.6. The molecule has 0 unspecified atom stereocenters. The molecule has 0 saturated carbocycles. The van der Waals surface area contributed by atoms with Crippen LogP contribution in [0, 0.1) is 24.1 Å². The van der Waals surface area contributed by atoms with Crippen molar-refractivity contribution in [3.8, 4) is 6.07 Å². The van der Waals surface area contributed by atoms with Crippen molar-refractivity contribution in [2.45, 2.75) is 25.2 Å². The van der Waals surface area contributed by atoms with Crippen LogP contribution < -0.4 is 9.80 Å². The maximum Gasteiger partial charge on any atom is 0.417 e. The molecule has 0 spiro atoms. The summed E-state index contributed by atoms with van der Waals surface area (Å²) in [5, 5.41) is 19.3. The average Bonchev–Trinajstić information content (AvgIpc) is 2.66. The zero-order chi connectivity index (χ0) is 22.4. The molecule has 30 heavy (non-hydrogen) atoms. The fraction of sp³-hybridized carbons (Fsp3) is 0.316. The Morgan fingerprint density at radius 2 is 2.07 bits per heavy atom. The van der Waals surface area contributed by atoms with Crippen LogP contribution in [0.2, 0.25) is 5.02 Å². The summed E-state index contributed by atoms with van der Waals surface area (Å²) in [7, 11) is 1.35. The highest BCUT2D eigenvalue weighted by atomic mass is 35.5. The Morgan fingerprint density at radius 3 is 2.60 bits per heavy atom. The van der Waals surface area contributed by atoms with Gasteiger partial charge in [0.25, 0.3) is 5.91 Å². The number of anilines is 2. The topological polar surface area (TPSA) is 80.5 Å². The molecule has 0 bridgehead atoms. The SMILES string of the molecule is Cc1cc(C(F)(F)F)c(C#N)c(N2C[C@@H](O)[C@H]2C(=O)N(C)c2ccc(F)c(Cl)c2)n1. The fourth-order valence-electron chi connectivity index (χ4n) is 3.22. The largest absolute Gasteiger partial charge is 0.417 e. The molecule has 1 amide bonds. The quantitative estimate of drug-likeness (QED) is 0.738. The Morgan fingerprint density at radius 1 is 1.40 bits per heavy atom. The molecular weight excluding hydrogens is 428 g/mol. The average molecular weight is 443 g/mol. The van der Waals surface area contributed by atoms with E-state index in [4.69, 9.17) is 11.6 Å². The predicted molar refractivity (Wildman–Crippen MR) is 101 cm³/mol. The Balaban J connectivity index is 1.99. The van der Waals surface area contributed by atoms with Gasteiger partial charge in [0.05, 0.1) is 10.6 Å². The van der Waals surface area contributed by atoms with Crippen molar-refractivity contribution < 1.29 is 27.5 Å². The molecule has 6 nitrogen and oxygen atoms in total. The number of benzene rings is 1. The van der Waals surface area contributed by atoms with Gasteiger partial charge in [-0.25, -0.2) is 9.37 Å². The number of aryl methyl sites for hydroxylation is 1. The number of halogens is 5. The van der Waals surface area contributed by atoms with E-state index in [1.54, 1.807) is 0 Å². The summed E-state index contributed by atoms with van der Waals surface area (Å²) in [6, 6.07) is 4.54. The van der Waals surface area contributed by atoms with Crippen LogP contribution in [0.25, 0.3) is 0 Å². The third-order valence-corrected chi connectivity index (χ3v) is 5.07. The predicted octanol–water partition coefficient (Wildman–Crippen LogP) is 3.29. The van der Waals surface area contributed by atoms with Gasteiger partial charge in [-0.05, 0) is 31.2 Å². The summed E-state index contributed by atoms with van der Waals surface area (Å²) in [6.45, 7) is 1.15. The molecule has 3 rings (SSSR count). The van der Waals surface area contributed by atoms with E-state index < -0.39 is 41.2 Å². The van der Waals surface area contributed by atoms with Crippen LogP contribution in [0.1, 0.15) is 16.8 Å². The number of rotatable bonds is 3. The maximum atomic E-state index is 13.4. The highest BCUT2D eigenvalue weighted by Gasteiger charge is 2.47. The molecule has 2 aromatic rings. The van der Waals surface area contributed by atoms with Crippen molar-refractivity contribution in [1.29, 1.82) is 5.26 Å². The van der Waals surface area contributed by atoms with Crippen molar-refractivity contribution in [1.82, 2.24) is 4.98 Å². The summed E-state index contributed by atoms with van der Waals surface area (Å²) >= 11 is 5.74. The van der Waals surface area contributed by atoms with Gasteiger partial charge < -0.3 is 14.9 Å². The number of alkyl halides is 3. The van der Waals surface area contributed by atoms with E-state index in [-0.39, 0.29) is 28.8 Å². The van der Waals surface area contributed by atoms with Gasteiger partial charge in [-0.2, -0.15) is 18.4 Å². The summed E-state index contributed by atoms with van der Waals surface area (Å²) in [4.78, 5) is 19.2. The fourth-order valence-corrected chi connectivity index (χ4v) is 3.39. The summed E-state index contributed by atoms with van der Waals surface area (Å²) in [5.41, 5.74) is -1.68. The first-order chi connectivity index (χ1) is 14.0. The summed E-state index contributed by atoms with van der Waals surface area (Å²) in [5.74, 6) is -1.70. The smallest absolute Gasteiger partial charge is 0.389 e. The highest BCUT2D eigenvalue weighted by Crippen LogP contribution is 2.38. The van der Waals surface area contributed by atoms with Gasteiger partial charge in [-0.15, -0.1) is 0 Å². The first-order valence-corrected chi connectivity index (χ1v) is 8.99. The first-order valence-electron chi connectivity index (χ1n) is 8.62. The lowest BCUT2D eigenvalue weighted by molar-refractivity contribution is -0.137. The number of likely N-dealkylation sites (N-methyl/N-ethyl adjacent to an activating group) is 1. The van der Waals surface area contributed by atoms with Crippen LogP contribution in [0.5, 0.6) is 0 Å². The van der Waals surface area contributed by atoms with Crippen LogP contribution in [-0.4, -0.2) is 41.7 Å². The third-order valence-electron chi connectivity index (χ3n) is 4.78. The minimum atomic E-state index is -4.79. The van der Waals surface area contributed by atoms with Crippen LogP contribution in [0.15, 0.2) is 24.3 Å². The second-order valence-corrected chi connectivity index (χ2v) is 7.19. The molecule has 11 heteroatoms. The third kappa shape index (κ3) is 3.78. The molecule has 2 atom stereocenters. The molecule has 1 N–H and O–H groups in total. The minimum Gasteiger partial charge on any atom is -0.389 e. The lowest BCUT2D eigenvalue weighted by Gasteiger charge is -2.46. The summed E-state index contributed by atoms with van der Waals surface area (Å²) in [6.07, 6.45) is -5.99. The van der Waals surface area contributed by atoms with Crippen LogP contribution in [0.3, 0.4) is 0 Å². The van der Waals surface area contributed by atoms with E-state index >= 15 is 0 Å². The molecule has 0 aliphatic carbocycles. The van der Waals surface area contributed by atoms with E-state index in [1.807, 2.05) is 0 Å². The van der Waals surface area contributed by atoms with Gasteiger partial charge in [0.2, 0.25) is 0 Å². The number of β-amino-alcohol motifs (C(OH)–C–C–N with tert-alkyl or cyclic N) is 1. The zero-order valence-corrected chi connectivity index (χ0v) is 16.5. The number of amides is 1. The van der Waals surface area contributed by atoms with Crippen LogP contribution in [-0.2, 0) is 11.0 Å². The molecule has 1 aromatic carbocycles. The second-order valence-electron chi connectivity index (χ2n) is 6.78. The standard InChI is InChI=1S/C19H15ClF4N4O2/c1-9-5-12(19(22,23)24)11(7-25)17(26-9)28-8-15(29)16(28)18(30)27(2)10-3-4-14(21)13(20)6-10/h3-6,15-16,29H,8H2,1-2H3/t15-,16+/m1/s1. The number of carbonyl (C=O) groups is 1. The number of hydrogen-bond acceptors (Lipinski definition) is 5. The zero-order valence-electron chi connectivity index (χ0n) is 15.7. The van der Waals surface area contributed by atoms with E-state index in [0.29, 0.717) is 0 Å². The van der Waals surface area contributed by atoms with Crippen molar-refractivity contribution in [2.75, 3.05) is 23.4 Å². The second kappa shape index (κ2) is 7.74. The van der Waals surface area contributed by atoms with Crippen molar-refractivity contribution in [3.63, 3.8) is 0 Å². The van der Waals surface area contributed by atoms with Gasteiger partial charge in [-0.3, -0.25) is 4.79 Å². The Hall–Kier alpha value is -2.90. The number of pyridine rings is 1. The Kier molecular flexibility index (Phi) is 5.62. The number of nitriles is 1. The number of hydrogen-bond donors (Lipinski definition) is 1. The number of nitrogens with zero attached hydrogens (tertiary/aromatic N) is 4. The number of aliphatic hydroxyl groups is 1. The van der Waals surface area contributed by atoms with E-state index in [1.165, 1.54) is 32.2 Å². The Bertz CT molecular complexity index is 1050. The first kappa shape index (κ1) is 21.8. The van der Waals surface area contributed by atoms with Crippen LogP contribution in [0.4, 0.5) is 29.1 Å².